The maximum atomic E-state index is 11.0. The molecule has 1 heterocycles. The minimum Gasteiger partial charge on any atom is -0.319 e. The third-order valence-electron chi connectivity index (χ3n) is 1.85. The Morgan fingerprint density at radius 2 is 2.23 bits per heavy atom. The molecule has 0 amide bonds. The van der Waals surface area contributed by atoms with Gasteiger partial charge in [-0.2, -0.15) is 0 Å². The minimum absolute atomic E-state index is 0.169. The summed E-state index contributed by atoms with van der Waals surface area (Å²) in [5.74, 6) is 0. The minimum atomic E-state index is -0.169. The van der Waals surface area contributed by atoms with Gasteiger partial charge < -0.3 is 4.98 Å². The average Bonchev–Trinajstić information content (AvgIpc) is 2.06. The summed E-state index contributed by atoms with van der Waals surface area (Å²) in [4.78, 5) is 17.8. The van der Waals surface area contributed by atoms with Crippen molar-refractivity contribution in [2.75, 3.05) is 0 Å². The van der Waals surface area contributed by atoms with E-state index in [0.717, 1.165) is 21.1 Å². The fraction of sp³-hybridized carbons (Fsp3) is 0.111. The Kier molecular flexibility index (Phi) is 1.92. The first-order valence-electron chi connectivity index (χ1n) is 3.82. The van der Waals surface area contributed by atoms with Crippen molar-refractivity contribution in [1.82, 2.24) is 9.97 Å². The number of nitrogens with one attached hydrogen (secondary N) is 1. The largest absolute Gasteiger partial charge is 0.319 e. The number of aryl methyl sites for hydroxylation is 1. The molecule has 13 heavy (non-hydrogen) atoms. The highest BCUT2D eigenvalue weighted by Gasteiger charge is 2.00. The van der Waals surface area contributed by atoms with Gasteiger partial charge in [-0.3, -0.25) is 4.79 Å². The van der Waals surface area contributed by atoms with Crippen LogP contribution in [0.4, 0.5) is 0 Å². The molecule has 0 fully saturated rings. The van der Waals surface area contributed by atoms with Gasteiger partial charge in [0.25, 0.3) is 5.56 Å². The summed E-state index contributed by atoms with van der Waals surface area (Å²) in [6.07, 6.45) is 1.29. The maximum absolute atomic E-state index is 11.0. The average molecular weight is 239 g/mol. The van der Waals surface area contributed by atoms with Gasteiger partial charge >= 0.3 is 0 Å². The van der Waals surface area contributed by atoms with E-state index in [0.29, 0.717) is 0 Å². The fourth-order valence-corrected chi connectivity index (χ4v) is 1.83. The zero-order valence-corrected chi connectivity index (χ0v) is 8.55. The van der Waals surface area contributed by atoms with Gasteiger partial charge in [0.1, 0.15) is 0 Å². The lowest BCUT2D eigenvalue weighted by Gasteiger charge is -2.00. The Balaban J connectivity index is 2.95. The van der Waals surface area contributed by atoms with Gasteiger partial charge in [-0.05, 0) is 24.6 Å². The molecule has 1 aromatic carbocycles. The van der Waals surface area contributed by atoms with E-state index in [1.807, 2.05) is 19.1 Å². The summed E-state index contributed by atoms with van der Waals surface area (Å²) in [6, 6.07) is 3.82. The standard InChI is InChI=1S/C9H7BrN2O/c1-5-2-6(10)3-7-9(5)12-8(13)4-11-7/h2-4H,1H3,(H,12,13). The number of fused-ring (bicyclic) bond motifs is 1. The zero-order valence-electron chi connectivity index (χ0n) is 6.97. The molecule has 1 N–H and O–H groups in total. The fourth-order valence-electron chi connectivity index (χ4n) is 1.27. The van der Waals surface area contributed by atoms with Crippen molar-refractivity contribution >= 4 is 27.0 Å². The van der Waals surface area contributed by atoms with Crippen LogP contribution in [-0.2, 0) is 0 Å². The Morgan fingerprint density at radius 3 is 3.00 bits per heavy atom. The Labute approximate surface area is 82.9 Å². The summed E-state index contributed by atoms with van der Waals surface area (Å²) in [5, 5.41) is 0. The molecule has 1 aromatic heterocycles. The molecule has 0 bridgehead atoms. The van der Waals surface area contributed by atoms with Crippen LogP contribution >= 0.6 is 15.9 Å². The van der Waals surface area contributed by atoms with Crippen LogP contribution in [0.25, 0.3) is 11.0 Å². The molecule has 0 saturated carbocycles. The number of aromatic amines is 1. The normalized spacial score (nSPS) is 10.6. The van der Waals surface area contributed by atoms with E-state index in [1.165, 1.54) is 6.20 Å². The number of hydrogen-bond donors (Lipinski definition) is 1. The van der Waals surface area contributed by atoms with E-state index in [4.69, 9.17) is 0 Å². The molecule has 0 saturated heterocycles. The van der Waals surface area contributed by atoms with Gasteiger partial charge in [0, 0.05) is 4.47 Å². The van der Waals surface area contributed by atoms with Crippen LogP contribution in [-0.4, -0.2) is 9.97 Å². The molecular formula is C9H7BrN2O. The molecule has 0 spiro atoms. The number of aromatic nitrogens is 2. The molecule has 4 heteroatoms. The summed E-state index contributed by atoms with van der Waals surface area (Å²) < 4.78 is 0.969. The molecule has 0 atom stereocenters. The van der Waals surface area contributed by atoms with Gasteiger partial charge in [-0.1, -0.05) is 15.9 Å². The Morgan fingerprint density at radius 1 is 1.46 bits per heavy atom. The first-order valence-corrected chi connectivity index (χ1v) is 4.61. The lowest BCUT2D eigenvalue weighted by Crippen LogP contribution is -2.05. The van der Waals surface area contributed by atoms with Crippen molar-refractivity contribution in [3.63, 3.8) is 0 Å². The van der Waals surface area contributed by atoms with Gasteiger partial charge in [-0.25, -0.2) is 4.98 Å². The van der Waals surface area contributed by atoms with Crippen LogP contribution in [0, 0.1) is 6.92 Å². The second-order valence-electron chi connectivity index (χ2n) is 2.86. The lowest BCUT2D eigenvalue weighted by atomic mass is 10.2. The Hall–Kier alpha value is -1.16. The van der Waals surface area contributed by atoms with Gasteiger partial charge in [0.15, 0.2) is 0 Å². The van der Waals surface area contributed by atoms with Crippen LogP contribution < -0.4 is 5.56 Å². The van der Waals surface area contributed by atoms with E-state index in [9.17, 15) is 4.79 Å². The smallest absolute Gasteiger partial charge is 0.266 e. The summed E-state index contributed by atoms with van der Waals surface area (Å²) >= 11 is 3.37. The van der Waals surface area contributed by atoms with Crippen molar-refractivity contribution in [2.24, 2.45) is 0 Å². The monoisotopic (exact) mass is 238 g/mol. The highest BCUT2D eigenvalue weighted by atomic mass is 79.9. The van der Waals surface area contributed by atoms with Crippen molar-refractivity contribution in [3.05, 3.63) is 38.7 Å². The molecule has 3 nitrogen and oxygen atoms in total. The molecule has 2 rings (SSSR count). The van der Waals surface area contributed by atoms with E-state index < -0.39 is 0 Å². The van der Waals surface area contributed by atoms with Crippen LogP contribution in [0.1, 0.15) is 5.56 Å². The first-order chi connectivity index (χ1) is 6.16. The van der Waals surface area contributed by atoms with E-state index in [1.54, 1.807) is 0 Å². The zero-order chi connectivity index (χ0) is 9.42. The number of rotatable bonds is 0. The second-order valence-corrected chi connectivity index (χ2v) is 3.78. The maximum Gasteiger partial charge on any atom is 0.266 e. The first kappa shape index (κ1) is 8.44. The van der Waals surface area contributed by atoms with E-state index in [-0.39, 0.29) is 5.56 Å². The molecule has 0 aliphatic rings. The van der Waals surface area contributed by atoms with E-state index in [2.05, 4.69) is 25.9 Å². The van der Waals surface area contributed by atoms with Crippen molar-refractivity contribution in [2.45, 2.75) is 6.92 Å². The summed E-state index contributed by atoms with van der Waals surface area (Å²) in [7, 11) is 0. The number of hydrogen-bond acceptors (Lipinski definition) is 2. The highest BCUT2D eigenvalue weighted by Crippen LogP contribution is 2.19. The van der Waals surface area contributed by atoms with Crippen molar-refractivity contribution in [3.8, 4) is 0 Å². The SMILES string of the molecule is Cc1cc(Br)cc2ncc(=O)[nH]c12. The molecule has 66 valence electrons. The molecule has 0 radical (unpaired) electrons. The number of H-pyrrole nitrogens is 1. The molecular weight excluding hydrogens is 232 g/mol. The molecule has 0 aliphatic heterocycles. The van der Waals surface area contributed by atoms with Gasteiger partial charge in [0.2, 0.25) is 0 Å². The number of halogens is 1. The molecule has 0 aliphatic carbocycles. The quantitative estimate of drug-likeness (QED) is 0.764. The van der Waals surface area contributed by atoms with Crippen LogP contribution in [0.15, 0.2) is 27.6 Å². The number of benzene rings is 1. The second kappa shape index (κ2) is 2.96. The molecule has 2 aromatic rings. The predicted octanol–water partition coefficient (Wildman–Crippen LogP) is 1.99. The number of nitrogens with zero attached hydrogens (tertiary/aromatic N) is 1. The van der Waals surface area contributed by atoms with Crippen LogP contribution in [0.5, 0.6) is 0 Å². The van der Waals surface area contributed by atoms with E-state index >= 15 is 0 Å². The van der Waals surface area contributed by atoms with Gasteiger partial charge in [0.05, 0.1) is 17.2 Å². The highest BCUT2D eigenvalue weighted by molar-refractivity contribution is 9.10. The third-order valence-corrected chi connectivity index (χ3v) is 2.31. The summed E-state index contributed by atoms with van der Waals surface area (Å²) in [6.45, 7) is 1.94. The van der Waals surface area contributed by atoms with Crippen molar-refractivity contribution < 1.29 is 0 Å². The van der Waals surface area contributed by atoms with Crippen LogP contribution in [0.2, 0.25) is 0 Å². The van der Waals surface area contributed by atoms with Crippen molar-refractivity contribution in [1.29, 1.82) is 0 Å². The predicted molar refractivity (Wildman–Crippen MR) is 54.8 cm³/mol. The Bertz CT molecular complexity index is 518. The topological polar surface area (TPSA) is 45.8 Å². The van der Waals surface area contributed by atoms with Gasteiger partial charge in [-0.15, -0.1) is 0 Å². The summed E-state index contributed by atoms with van der Waals surface area (Å²) in [5.41, 5.74) is 2.44. The van der Waals surface area contributed by atoms with Crippen LogP contribution in [0.3, 0.4) is 0 Å². The lowest BCUT2D eigenvalue weighted by molar-refractivity contribution is 1.20. The molecule has 0 unspecified atom stereocenters. The third kappa shape index (κ3) is 1.49.